The Morgan fingerprint density at radius 1 is 1.15 bits per heavy atom. The third-order valence-corrected chi connectivity index (χ3v) is 5.88. The smallest absolute Gasteiger partial charge is 0.317 e. The van der Waals surface area contributed by atoms with E-state index < -0.39 is 10.0 Å². The minimum absolute atomic E-state index is 0.0416. The highest BCUT2D eigenvalue weighted by Crippen LogP contribution is 2.21. The van der Waals surface area contributed by atoms with Crippen LogP contribution in [0.2, 0.25) is 0 Å². The summed E-state index contributed by atoms with van der Waals surface area (Å²) in [6.45, 7) is 1.60. The Kier molecular flexibility index (Phi) is 6.01. The second-order valence-electron chi connectivity index (χ2n) is 7.24. The molecule has 1 aliphatic carbocycles. The number of hydrogen-bond acceptors (Lipinski definition) is 4. The molecule has 0 radical (unpaired) electrons. The Balaban J connectivity index is 1.43. The van der Waals surface area contributed by atoms with Crippen molar-refractivity contribution in [1.29, 1.82) is 0 Å². The van der Waals surface area contributed by atoms with Crippen LogP contribution >= 0.6 is 0 Å². The van der Waals surface area contributed by atoms with Gasteiger partial charge in [0.2, 0.25) is 15.9 Å². The third-order valence-electron chi connectivity index (χ3n) is 4.95. The highest BCUT2D eigenvalue weighted by molar-refractivity contribution is 7.89. The normalized spacial score (nSPS) is 20.2. The van der Waals surface area contributed by atoms with Crippen molar-refractivity contribution in [1.82, 2.24) is 15.5 Å². The third kappa shape index (κ3) is 5.67. The molecule has 1 saturated heterocycles. The van der Waals surface area contributed by atoms with Crippen molar-refractivity contribution >= 4 is 22.0 Å². The molecule has 148 valence electrons. The Bertz CT molecular complexity index is 790. The zero-order valence-corrected chi connectivity index (χ0v) is 16.0. The van der Waals surface area contributed by atoms with Gasteiger partial charge in [-0.05, 0) is 49.8 Å². The minimum atomic E-state index is -3.69. The number of sulfonamides is 1. The molecule has 3 amide bonds. The fourth-order valence-electron chi connectivity index (χ4n) is 3.19. The topological polar surface area (TPSA) is 122 Å². The van der Waals surface area contributed by atoms with Gasteiger partial charge >= 0.3 is 6.03 Å². The van der Waals surface area contributed by atoms with E-state index in [1.54, 1.807) is 17.0 Å². The summed E-state index contributed by atoms with van der Waals surface area (Å²) >= 11 is 0. The molecule has 9 heteroatoms. The molecular formula is C18H26N4O4S. The van der Waals surface area contributed by atoms with Crippen LogP contribution in [-0.4, -0.2) is 50.9 Å². The predicted molar refractivity (Wildman–Crippen MR) is 100 cm³/mol. The quantitative estimate of drug-likeness (QED) is 0.653. The van der Waals surface area contributed by atoms with Crippen LogP contribution in [0.5, 0.6) is 0 Å². The van der Waals surface area contributed by atoms with Crippen LogP contribution in [0.15, 0.2) is 29.2 Å². The molecule has 1 aliphatic heterocycles. The Hall–Kier alpha value is -2.13. The van der Waals surface area contributed by atoms with Crippen LogP contribution in [0.3, 0.4) is 0 Å². The molecule has 1 heterocycles. The van der Waals surface area contributed by atoms with Crippen molar-refractivity contribution in [2.45, 2.75) is 43.0 Å². The van der Waals surface area contributed by atoms with Gasteiger partial charge in [0.15, 0.2) is 0 Å². The minimum Gasteiger partial charge on any atom is -0.355 e. The number of amides is 3. The lowest BCUT2D eigenvalue weighted by molar-refractivity contribution is -0.126. The van der Waals surface area contributed by atoms with Gasteiger partial charge in [0.1, 0.15) is 0 Å². The van der Waals surface area contributed by atoms with Crippen LogP contribution in [-0.2, 0) is 21.2 Å². The van der Waals surface area contributed by atoms with Crippen molar-refractivity contribution in [3.05, 3.63) is 29.8 Å². The molecule has 0 unspecified atom stereocenters. The van der Waals surface area contributed by atoms with Gasteiger partial charge in [0.05, 0.1) is 10.8 Å². The maximum atomic E-state index is 12.4. The Morgan fingerprint density at radius 3 is 2.48 bits per heavy atom. The molecule has 1 aromatic carbocycles. The summed E-state index contributed by atoms with van der Waals surface area (Å²) in [5.41, 5.74) is 0.914. The van der Waals surface area contributed by atoms with E-state index in [0.717, 1.165) is 31.2 Å². The first-order valence-electron chi connectivity index (χ1n) is 9.28. The first kappa shape index (κ1) is 19.6. The van der Waals surface area contributed by atoms with Gasteiger partial charge in [-0.1, -0.05) is 12.1 Å². The highest BCUT2D eigenvalue weighted by atomic mass is 32.2. The van der Waals surface area contributed by atoms with Crippen molar-refractivity contribution in [3.63, 3.8) is 0 Å². The van der Waals surface area contributed by atoms with E-state index in [4.69, 9.17) is 5.14 Å². The molecule has 2 fully saturated rings. The van der Waals surface area contributed by atoms with Crippen molar-refractivity contribution in [2.75, 3.05) is 19.6 Å². The zero-order chi connectivity index (χ0) is 19.4. The highest BCUT2D eigenvalue weighted by Gasteiger charge is 2.31. The number of rotatable bonds is 6. The van der Waals surface area contributed by atoms with Crippen LogP contribution in [0.4, 0.5) is 4.79 Å². The summed E-state index contributed by atoms with van der Waals surface area (Å²) in [7, 11) is -3.69. The van der Waals surface area contributed by atoms with E-state index in [1.165, 1.54) is 12.1 Å². The zero-order valence-electron chi connectivity index (χ0n) is 15.2. The number of urea groups is 1. The Labute approximate surface area is 159 Å². The number of carbonyl (C=O) groups excluding carboxylic acids is 2. The summed E-state index contributed by atoms with van der Waals surface area (Å²) < 4.78 is 22.5. The van der Waals surface area contributed by atoms with Crippen LogP contribution in [0.25, 0.3) is 0 Å². The van der Waals surface area contributed by atoms with Gasteiger partial charge in [-0.2, -0.15) is 0 Å². The van der Waals surface area contributed by atoms with Crippen LogP contribution in [0, 0.1) is 5.92 Å². The van der Waals surface area contributed by atoms with E-state index >= 15 is 0 Å². The van der Waals surface area contributed by atoms with Gasteiger partial charge in [-0.15, -0.1) is 0 Å². The molecule has 27 heavy (non-hydrogen) atoms. The molecule has 3 rings (SSSR count). The molecule has 1 aromatic rings. The summed E-state index contributed by atoms with van der Waals surface area (Å²) in [4.78, 5) is 26.4. The lowest BCUT2D eigenvalue weighted by Gasteiger charge is -2.32. The average Bonchev–Trinajstić information content (AvgIpc) is 3.45. The SMILES string of the molecule is NS(=O)(=O)c1ccc(CCNC(=O)[C@H]2CCCN(C(=O)NC3CC3)C2)cc1. The first-order valence-corrected chi connectivity index (χ1v) is 10.8. The lowest BCUT2D eigenvalue weighted by Crippen LogP contribution is -2.49. The van der Waals surface area contributed by atoms with E-state index in [9.17, 15) is 18.0 Å². The maximum absolute atomic E-state index is 12.4. The molecular weight excluding hydrogens is 368 g/mol. The number of carbonyl (C=O) groups is 2. The van der Waals surface area contributed by atoms with Crippen LogP contribution in [0.1, 0.15) is 31.2 Å². The maximum Gasteiger partial charge on any atom is 0.317 e. The first-order chi connectivity index (χ1) is 12.8. The fourth-order valence-corrected chi connectivity index (χ4v) is 3.70. The van der Waals surface area contributed by atoms with Gasteiger partial charge in [-0.3, -0.25) is 4.79 Å². The molecule has 0 spiro atoms. The fraction of sp³-hybridized carbons (Fsp3) is 0.556. The van der Waals surface area contributed by atoms with Gasteiger partial charge < -0.3 is 15.5 Å². The number of nitrogens with two attached hydrogens (primary N) is 1. The number of hydrogen-bond donors (Lipinski definition) is 3. The molecule has 1 atom stereocenters. The van der Waals surface area contributed by atoms with E-state index in [0.29, 0.717) is 32.1 Å². The predicted octanol–water partition coefficient (Wildman–Crippen LogP) is 0.577. The standard InChI is InChI=1S/C18H26N4O4S/c19-27(25,26)16-7-3-13(4-8-16)9-10-20-17(23)14-2-1-11-22(12-14)18(24)21-15-5-6-15/h3-4,7-8,14-15H,1-2,5-6,9-12H2,(H,20,23)(H,21,24)(H2,19,25,26)/t14-/m0/s1. The van der Waals surface area contributed by atoms with Gasteiger partial charge in [0, 0.05) is 25.7 Å². The molecule has 4 N–H and O–H groups in total. The van der Waals surface area contributed by atoms with Crippen molar-refractivity contribution < 1.29 is 18.0 Å². The largest absolute Gasteiger partial charge is 0.355 e. The number of benzene rings is 1. The monoisotopic (exact) mass is 394 g/mol. The number of likely N-dealkylation sites (tertiary alicyclic amines) is 1. The molecule has 1 saturated carbocycles. The average molecular weight is 394 g/mol. The van der Waals surface area contributed by atoms with Crippen LogP contribution < -0.4 is 15.8 Å². The molecule has 2 aliphatic rings. The van der Waals surface area contributed by atoms with Crippen molar-refractivity contribution in [2.24, 2.45) is 11.1 Å². The van der Waals surface area contributed by atoms with E-state index in [1.807, 2.05) is 0 Å². The van der Waals surface area contributed by atoms with Gasteiger partial charge in [-0.25, -0.2) is 18.4 Å². The number of piperidine rings is 1. The Morgan fingerprint density at radius 2 is 1.85 bits per heavy atom. The van der Waals surface area contributed by atoms with Gasteiger partial charge in [0.25, 0.3) is 0 Å². The van der Waals surface area contributed by atoms with Crippen molar-refractivity contribution in [3.8, 4) is 0 Å². The summed E-state index contributed by atoms with van der Waals surface area (Å²) in [5.74, 6) is -0.228. The number of nitrogens with zero attached hydrogens (tertiary/aromatic N) is 1. The number of nitrogens with one attached hydrogen (secondary N) is 2. The lowest BCUT2D eigenvalue weighted by atomic mass is 9.97. The molecule has 8 nitrogen and oxygen atoms in total. The second-order valence-corrected chi connectivity index (χ2v) is 8.80. The van der Waals surface area contributed by atoms with E-state index in [2.05, 4.69) is 10.6 Å². The summed E-state index contributed by atoms with van der Waals surface area (Å²) in [6, 6.07) is 6.55. The van der Waals surface area contributed by atoms with E-state index in [-0.39, 0.29) is 22.8 Å². The second kappa shape index (κ2) is 8.26. The molecule has 0 aromatic heterocycles. The number of primary sulfonamides is 1. The molecule has 0 bridgehead atoms. The summed E-state index contributed by atoms with van der Waals surface area (Å²) in [5, 5.41) is 11.0. The summed E-state index contributed by atoms with van der Waals surface area (Å²) in [6.07, 6.45) is 4.28.